The molecule has 0 aromatic heterocycles. The van der Waals surface area contributed by atoms with Crippen molar-refractivity contribution in [1.29, 1.82) is 0 Å². The molecular formula is C18H24F3N3O. The molecule has 0 spiro atoms. The molecule has 1 amide bonds. The summed E-state index contributed by atoms with van der Waals surface area (Å²) in [6.07, 6.45) is -2.18. The predicted molar refractivity (Wildman–Crippen MR) is 90.5 cm³/mol. The van der Waals surface area contributed by atoms with E-state index in [1.165, 1.54) is 12.1 Å². The van der Waals surface area contributed by atoms with Crippen LogP contribution in [0.15, 0.2) is 24.3 Å². The highest BCUT2D eigenvalue weighted by molar-refractivity contribution is 5.81. The number of alkyl halides is 3. The molecule has 0 saturated carbocycles. The Hall–Kier alpha value is -1.76. The third kappa shape index (κ3) is 4.08. The number of benzene rings is 1. The Balaban J connectivity index is 1.59. The van der Waals surface area contributed by atoms with Crippen LogP contribution in [-0.2, 0) is 11.0 Å². The number of anilines is 1. The van der Waals surface area contributed by atoms with Gasteiger partial charge < -0.3 is 9.80 Å². The van der Waals surface area contributed by atoms with Gasteiger partial charge in [0.05, 0.1) is 11.6 Å². The van der Waals surface area contributed by atoms with Gasteiger partial charge in [0, 0.05) is 45.0 Å². The smallest absolute Gasteiger partial charge is 0.369 e. The van der Waals surface area contributed by atoms with Gasteiger partial charge in [-0.3, -0.25) is 9.69 Å². The molecule has 0 N–H and O–H groups in total. The van der Waals surface area contributed by atoms with Crippen molar-refractivity contribution in [2.24, 2.45) is 0 Å². The normalized spacial score (nSPS) is 20.8. The first-order valence-electron chi connectivity index (χ1n) is 8.81. The molecule has 4 nitrogen and oxygen atoms in total. The molecule has 2 fully saturated rings. The topological polar surface area (TPSA) is 26.8 Å². The summed E-state index contributed by atoms with van der Waals surface area (Å²) in [5.74, 6) is 0.171. The van der Waals surface area contributed by atoms with E-state index in [2.05, 4.69) is 4.90 Å². The van der Waals surface area contributed by atoms with Gasteiger partial charge in [-0.25, -0.2) is 0 Å². The Labute approximate surface area is 146 Å². The lowest BCUT2D eigenvalue weighted by atomic mass is 10.1. The summed E-state index contributed by atoms with van der Waals surface area (Å²) in [5.41, 5.74) is -0.0296. The Bertz CT molecular complexity index is 606. The molecule has 2 aliphatic rings. The second-order valence-corrected chi connectivity index (χ2v) is 6.78. The molecule has 0 bridgehead atoms. The average molecular weight is 355 g/mol. The van der Waals surface area contributed by atoms with E-state index in [0.29, 0.717) is 31.9 Å². The van der Waals surface area contributed by atoms with Gasteiger partial charge in [-0.2, -0.15) is 13.2 Å². The van der Waals surface area contributed by atoms with Crippen LogP contribution in [0.3, 0.4) is 0 Å². The highest BCUT2D eigenvalue weighted by Gasteiger charge is 2.32. The highest BCUT2D eigenvalue weighted by atomic mass is 19.4. The number of carbonyl (C=O) groups is 1. The fourth-order valence-corrected chi connectivity index (χ4v) is 3.60. The van der Waals surface area contributed by atoms with E-state index in [4.69, 9.17) is 0 Å². The van der Waals surface area contributed by atoms with Crippen molar-refractivity contribution < 1.29 is 18.0 Å². The lowest BCUT2D eigenvalue weighted by Gasteiger charge is -2.39. The molecule has 138 valence electrons. The number of amides is 1. The van der Waals surface area contributed by atoms with Crippen LogP contribution >= 0.6 is 0 Å². The SMILES string of the molecule is CC(C(=O)N1CCCC1)N1CCN(c2cccc(C(F)(F)F)c2)CC1. The first-order valence-corrected chi connectivity index (χ1v) is 8.81. The number of piperazine rings is 1. The zero-order valence-corrected chi connectivity index (χ0v) is 14.4. The van der Waals surface area contributed by atoms with Gasteiger partial charge in [0.1, 0.15) is 0 Å². The Morgan fingerprint density at radius 2 is 1.68 bits per heavy atom. The van der Waals surface area contributed by atoms with Crippen LogP contribution in [0, 0.1) is 0 Å². The van der Waals surface area contributed by atoms with Crippen LogP contribution in [0.1, 0.15) is 25.3 Å². The van der Waals surface area contributed by atoms with Crippen LogP contribution in [0.25, 0.3) is 0 Å². The third-order valence-electron chi connectivity index (χ3n) is 5.18. The van der Waals surface area contributed by atoms with Gasteiger partial charge in [-0.05, 0) is 38.0 Å². The summed E-state index contributed by atoms with van der Waals surface area (Å²) >= 11 is 0. The fourth-order valence-electron chi connectivity index (χ4n) is 3.60. The van der Waals surface area contributed by atoms with E-state index < -0.39 is 11.7 Å². The third-order valence-corrected chi connectivity index (χ3v) is 5.18. The number of carbonyl (C=O) groups excluding carboxylic acids is 1. The zero-order valence-electron chi connectivity index (χ0n) is 14.4. The van der Waals surface area contributed by atoms with Crippen molar-refractivity contribution in [1.82, 2.24) is 9.80 Å². The molecule has 1 unspecified atom stereocenters. The van der Waals surface area contributed by atoms with Crippen molar-refractivity contribution in [3.05, 3.63) is 29.8 Å². The molecule has 3 rings (SSSR count). The number of halogens is 3. The van der Waals surface area contributed by atoms with E-state index in [0.717, 1.165) is 32.0 Å². The summed E-state index contributed by atoms with van der Waals surface area (Å²) in [6.45, 7) is 6.22. The van der Waals surface area contributed by atoms with E-state index in [1.807, 2.05) is 16.7 Å². The number of hydrogen-bond acceptors (Lipinski definition) is 3. The minimum Gasteiger partial charge on any atom is -0.369 e. The minimum absolute atomic E-state index is 0.165. The maximum absolute atomic E-state index is 12.9. The van der Waals surface area contributed by atoms with E-state index in [-0.39, 0.29) is 11.9 Å². The van der Waals surface area contributed by atoms with Crippen molar-refractivity contribution in [2.45, 2.75) is 32.0 Å². The predicted octanol–water partition coefficient (Wildman–Crippen LogP) is 2.84. The van der Waals surface area contributed by atoms with Crippen LogP contribution in [0.2, 0.25) is 0 Å². The van der Waals surface area contributed by atoms with Crippen LogP contribution in [-0.4, -0.2) is 61.0 Å². The molecule has 1 aromatic carbocycles. The lowest BCUT2D eigenvalue weighted by molar-refractivity contribution is -0.137. The number of nitrogens with zero attached hydrogens (tertiary/aromatic N) is 3. The second-order valence-electron chi connectivity index (χ2n) is 6.78. The summed E-state index contributed by atoms with van der Waals surface area (Å²) in [5, 5.41) is 0. The largest absolute Gasteiger partial charge is 0.416 e. The first kappa shape index (κ1) is 18.0. The van der Waals surface area contributed by atoms with E-state index >= 15 is 0 Å². The molecule has 25 heavy (non-hydrogen) atoms. The summed E-state index contributed by atoms with van der Waals surface area (Å²) in [6, 6.07) is 5.29. The number of hydrogen-bond donors (Lipinski definition) is 0. The van der Waals surface area contributed by atoms with Crippen molar-refractivity contribution in [3.63, 3.8) is 0 Å². The molecule has 0 aliphatic carbocycles. The van der Waals surface area contributed by atoms with E-state index in [9.17, 15) is 18.0 Å². The Morgan fingerprint density at radius 3 is 2.28 bits per heavy atom. The zero-order chi connectivity index (χ0) is 18.0. The Morgan fingerprint density at radius 1 is 1.04 bits per heavy atom. The molecule has 2 saturated heterocycles. The van der Waals surface area contributed by atoms with Gasteiger partial charge in [-0.15, -0.1) is 0 Å². The molecule has 7 heteroatoms. The molecule has 1 aromatic rings. The molecule has 0 radical (unpaired) electrons. The maximum atomic E-state index is 12.9. The highest BCUT2D eigenvalue weighted by Crippen LogP contribution is 2.32. The average Bonchev–Trinajstić information content (AvgIpc) is 3.15. The summed E-state index contributed by atoms with van der Waals surface area (Å²) in [4.78, 5) is 18.5. The second kappa shape index (κ2) is 7.23. The quantitative estimate of drug-likeness (QED) is 0.834. The number of likely N-dealkylation sites (tertiary alicyclic amines) is 1. The molecule has 2 heterocycles. The van der Waals surface area contributed by atoms with Crippen LogP contribution in [0.4, 0.5) is 18.9 Å². The fraction of sp³-hybridized carbons (Fsp3) is 0.611. The molecule has 1 atom stereocenters. The monoisotopic (exact) mass is 355 g/mol. The van der Waals surface area contributed by atoms with Gasteiger partial charge in [0.25, 0.3) is 0 Å². The first-order chi connectivity index (χ1) is 11.9. The van der Waals surface area contributed by atoms with Crippen molar-refractivity contribution >= 4 is 11.6 Å². The molecular weight excluding hydrogens is 331 g/mol. The minimum atomic E-state index is -4.32. The summed E-state index contributed by atoms with van der Waals surface area (Å²) in [7, 11) is 0. The van der Waals surface area contributed by atoms with Gasteiger partial charge >= 0.3 is 6.18 Å². The van der Waals surface area contributed by atoms with Crippen molar-refractivity contribution in [2.75, 3.05) is 44.2 Å². The van der Waals surface area contributed by atoms with Gasteiger partial charge in [0.15, 0.2) is 0 Å². The number of rotatable bonds is 3. The molecule has 2 aliphatic heterocycles. The van der Waals surface area contributed by atoms with Gasteiger partial charge in [-0.1, -0.05) is 6.07 Å². The van der Waals surface area contributed by atoms with E-state index in [1.54, 1.807) is 6.07 Å². The lowest BCUT2D eigenvalue weighted by Crippen LogP contribution is -2.54. The van der Waals surface area contributed by atoms with Crippen LogP contribution < -0.4 is 4.90 Å². The van der Waals surface area contributed by atoms with Crippen molar-refractivity contribution in [3.8, 4) is 0 Å². The van der Waals surface area contributed by atoms with Gasteiger partial charge in [0.2, 0.25) is 5.91 Å². The maximum Gasteiger partial charge on any atom is 0.416 e. The standard InChI is InChI=1S/C18H24F3N3O/c1-14(17(25)24-7-2-3-8-24)22-9-11-23(12-10-22)16-6-4-5-15(13-16)18(19,20)21/h4-6,13-14H,2-3,7-12H2,1H3. The Kier molecular flexibility index (Phi) is 5.22. The summed E-state index contributed by atoms with van der Waals surface area (Å²) < 4.78 is 38.6. The van der Waals surface area contributed by atoms with Crippen LogP contribution in [0.5, 0.6) is 0 Å².